The van der Waals surface area contributed by atoms with Crippen LogP contribution in [0.15, 0.2) is 60.7 Å². The van der Waals surface area contributed by atoms with Gasteiger partial charge in [0, 0.05) is 6.04 Å². The Labute approximate surface area is 121 Å². The van der Waals surface area contributed by atoms with Crippen LogP contribution in [0.3, 0.4) is 0 Å². The molecule has 0 bridgehead atoms. The topological polar surface area (TPSA) is 35.8 Å². The summed E-state index contributed by atoms with van der Waals surface area (Å²) in [5.74, 6) is 0. The number of nitrogens with one attached hydrogen (secondary N) is 1. The van der Waals surface area contributed by atoms with Crippen LogP contribution in [-0.2, 0) is 5.54 Å². The fourth-order valence-electron chi connectivity index (χ4n) is 2.48. The van der Waals surface area contributed by atoms with Gasteiger partial charge in [0.1, 0.15) is 5.54 Å². The molecule has 2 atom stereocenters. The Morgan fingerprint density at radius 2 is 1.60 bits per heavy atom. The molecule has 0 unspecified atom stereocenters. The molecular weight excluding hydrogens is 244 g/mol. The lowest BCUT2D eigenvalue weighted by Crippen LogP contribution is -2.42. The Kier molecular flexibility index (Phi) is 4.55. The predicted molar refractivity (Wildman–Crippen MR) is 82.0 cm³/mol. The molecule has 0 fully saturated rings. The lowest BCUT2D eigenvalue weighted by molar-refractivity contribution is 0.368. The van der Waals surface area contributed by atoms with Crippen molar-refractivity contribution in [3.8, 4) is 6.07 Å². The van der Waals surface area contributed by atoms with E-state index in [4.69, 9.17) is 0 Å². The molecule has 0 aliphatic carbocycles. The quantitative estimate of drug-likeness (QED) is 0.880. The minimum atomic E-state index is -0.642. The van der Waals surface area contributed by atoms with Crippen molar-refractivity contribution in [1.29, 1.82) is 5.26 Å². The fraction of sp³-hybridized carbons (Fsp3) is 0.278. The summed E-state index contributed by atoms with van der Waals surface area (Å²) in [6.45, 7) is 4.14. The Bertz CT molecular complexity index is 571. The van der Waals surface area contributed by atoms with Crippen LogP contribution in [0.5, 0.6) is 0 Å². The Balaban J connectivity index is 2.29. The molecule has 0 radical (unpaired) electrons. The van der Waals surface area contributed by atoms with E-state index in [0.29, 0.717) is 0 Å². The molecule has 2 rings (SSSR count). The summed E-state index contributed by atoms with van der Waals surface area (Å²) in [6, 6.07) is 22.8. The largest absolute Gasteiger partial charge is 0.289 e. The normalized spacial score (nSPS) is 15.1. The first-order chi connectivity index (χ1) is 9.72. The molecule has 0 aromatic heterocycles. The van der Waals surface area contributed by atoms with Crippen molar-refractivity contribution in [1.82, 2.24) is 5.32 Å². The van der Waals surface area contributed by atoms with E-state index in [1.807, 2.05) is 55.5 Å². The molecule has 2 aromatic rings. The third-order valence-electron chi connectivity index (χ3n) is 3.75. The van der Waals surface area contributed by atoms with Crippen molar-refractivity contribution in [2.24, 2.45) is 0 Å². The number of hydrogen-bond donors (Lipinski definition) is 1. The predicted octanol–water partition coefficient (Wildman–Crippen LogP) is 4.17. The minimum absolute atomic E-state index is 0.121. The van der Waals surface area contributed by atoms with Crippen LogP contribution in [-0.4, -0.2) is 0 Å². The zero-order valence-corrected chi connectivity index (χ0v) is 12.0. The van der Waals surface area contributed by atoms with Crippen LogP contribution < -0.4 is 5.32 Å². The number of benzene rings is 2. The maximum atomic E-state index is 9.71. The van der Waals surface area contributed by atoms with Crippen LogP contribution in [0.1, 0.15) is 37.4 Å². The lowest BCUT2D eigenvalue weighted by Gasteiger charge is -2.31. The standard InChI is InChI=1S/C18H20N2/c1-3-18(14-19,17-12-8-5-9-13-17)20-15(2)16-10-6-4-7-11-16/h4-13,15,20H,3H2,1-2H3/t15-,18+/m1/s1. The molecule has 0 spiro atoms. The fourth-order valence-corrected chi connectivity index (χ4v) is 2.48. The van der Waals surface area contributed by atoms with Crippen LogP contribution in [0.2, 0.25) is 0 Å². The number of rotatable bonds is 5. The summed E-state index contributed by atoms with van der Waals surface area (Å²) in [6.07, 6.45) is 0.727. The maximum absolute atomic E-state index is 9.71. The molecule has 102 valence electrons. The van der Waals surface area contributed by atoms with E-state index in [9.17, 15) is 5.26 Å². The Morgan fingerprint density at radius 3 is 2.10 bits per heavy atom. The lowest BCUT2D eigenvalue weighted by atomic mass is 9.87. The van der Waals surface area contributed by atoms with Crippen molar-refractivity contribution < 1.29 is 0 Å². The van der Waals surface area contributed by atoms with Gasteiger partial charge in [-0.2, -0.15) is 5.26 Å². The highest BCUT2D eigenvalue weighted by atomic mass is 15.0. The summed E-state index contributed by atoms with van der Waals surface area (Å²) in [5, 5.41) is 13.2. The van der Waals surface area contributed by atoms with Gasteiger partial charge in [0.2, 0.25) is 0 Å². The maximum Gasteiger partial charge on any atom is 0.132 e. The molecule has 2 aromatic carbocycles. The van der Waals surface area contributed by atoms with E-state index in [2.05, 4.69) is 30.4 Å². The number of nitriles is 1. The van der Waals surface area contributed by atoms with Crippen LogP contribution in [0, 0.1) is 11.3 Å². The van der Waals surface area contributed by atoms with Gasteiger partial charge in [-0.1, -0.05) is 67.6 Å². The third-order valence-corrected chi connectivity index (χ3v) is 3.75. The zero-order valence-electron chi connectivity index (χ0n) is 12.0. The Hall–Kier alpha value is -2.11. The SMILES string of the molecule is CC[C@@](C#N)(N[C@H](C)c1ccccc1)c1ccccc1. The summed E-state index contributed by atoms with van der Waals surface area (Å²) < 4.78 is 0. The molecule has 0 amide bonds. The molecular formula is C18H20N2. The summed E-state index contributed by atoms with van der Waals surface area (Å²) in [5.41, 5.74) is 1.57. The van der Waals surface area contributed by atoms with Crippen molar-refractivity contribution in [3.05, 3.63) is 71.8 Å². The van der Waals surface area contributed by atoms with Crippen molar-refractivity contribution in [2.45, 2.75) is 31.8 Å². The van der Waals surface area contributed by atoms with E-state index in [1.54, 1.807) is 0 Å². The average Bonchev–Trinajstić information content (AvgIpc) is 2.54. The van der Waals surface area contributed by atoms with Gasteiger partial charge in [-0.05, 0) is 24.5 Å². The summed E-state index contributed by atoms with van der Waals surface area (Å²) >= 11 is 0. The number of hydrogen-bond acceptors (Lipinski definition) is 2. The van der Waals surface area contributed by atoms with E-state index >= 15 is 0 Å². The molecule has 2 heteroatoms. The third kappa shape index (κ3) is 2.89. The molecule has 20 heavy (non-hydrogen) atoms. The van der Waals surface area contributed by atoms with Gasteiger partial charge >= 0.3 is 0 Å². The summed E-state index contributed by atoms with van der Waals surface area (Å²) in [7, 11) is 0. The first-order valence-electron chi connectivity index (χ1n) is 7.01. The first kappa shape index (κ1) is 14.3. The van der Waals surface area contributed by atoms with Gasteiger partial charge in [-0.3, -0.25) is 5.32 Å². The van der Waals surface area contributed by atoms with E-state index in [1.165, 1.54) is 5.56 Å². The zero-order chi connectivity index (χ0) is 14.4. The minimum Gasteiger partial charge on any atom is -0.289 e. The van der Waals surface area contributed by atoms with Crippen LogP contribution in [0.25, 0.3) is 0 Å². The second-order valence-corrected chi connectivity index (χ2v) is 5.01. The molecule has 0 saturated heterocycles. The summed E-state index contributed by atoms with van der Waals surface area (Å²) in [4.78, 5) is 0. The van der Waals surface area contributed by atoms with Gasteiger partial charge in [-0.25, -0.2) is 0 Å². The molecule has 2 nitrogen and oxygen atoms in total. The van der Waals surface area contributed by atoms with E-state index in [-0.39, 0.29) is 6.04 Å². The van der Waals surface area contributed by atoms with Crippen molar-refractivity contribution >= 4 is 0 Å². The van der Waals surface area contributed by atoms with Gasteiger partial charge in [0.05, 0.1) is 6.07 Å². The monoisotopic (exact) mass is 264 g/mol. The van der Waals surface area contributed by atoms with Gasteiger partial charge in [0.15, 0.2) is 0 Å². The van der Waals surface area contributed by atoms with Crippen LogP contribution in [0.4, 0.5) is 0 Å². The highest BCUT2D eigenvalue weighted by Crippen LogP contribution is 2.28. The average molecular weight is 264 g/mol. The van der Waals surface area contributed by atoms with Crippen molar-refractivity contribution in [2.75, 3.05) is 0 Å². The van der Waals surface area contributed by atoms with Crippen LogP contribution >= 0.6 is 0 Å². The Morgan fingerprint density at radius 1 is 1.05 bits per heavy atom. The smallest absolute Gasteiger partial charge is 0.132 e. The second kappa shape index (κ2) is 6.36. The molecule has 0 heterocycles. The first-order valence-corrected chi connectivity index (χ1v) is 7.01. The van der Waals surface area contributed by atoms with Gasteiger partial charge < -0.3 is 0 Å². The molecule has 0 aliphatic rings. The molecule has 0 saturated carbocycles. The molecule has 1 N–H and O–H groups in total. The van der Waals surface area contributed by atoms with Gasteiger partial charge in [-0.15, -0.1) is 0 Å². The second-order valence-electron chi connectivity index (χ2n) is 5.01. The molecule has 0 aliphatic heterocycles. The van der Waals surface area contributed by atoms with Gasteiger partial charge in [0.25, 0.3) is 0 Å². The number of nitrogens with zero attached hydrogens (tertiary/aromatic N) is 1. The van der Waals surface area contributed by atoms with E-state index < -0.39 is 5.54 Å². The highest BCUT2D eigenvalue weighted by Gasteiger charge is 2.31. The van der Waals surface area contributed by atoms with Crippen molar-refractivity contribution in [3.63, 3.8) is 0 Å². The highest BCUT2D eigenvalue weighted by molar-refractivity contribution is 5.32. The van der Waals surface area contributed by atoms with E-state index in [0.717, 1.165) is 12.0 Å².